The fraction of sp³-hybridized carbons (Fsp3) is 0.556. The van der Waals surface area contributed by atoms with Gasteiger partial charge in [0.15, 0.2) is 0 Å². The second-order valence-electron chi connectivity index (χ2n) is 5.92. The third-order valence-electron chi connectivity index (χ3n) is 3.53. The SMILES string of the molecule is CC(C)CCCCCCCOC(=O)c1ccccc1C(=O)[O-].[K+]. The van der Waals surface area contributed by atoms with E-state index in [0.717, 1.165) is 25.2 Å². The van der Waals surface area contributed by atoms with Crippen LogP contribution in [0.4, 0.5) is 0 Å². The first kappa shape index (κ1) is 22.8. The van der Waals surface area contributed by atoms with E-state index in [1.165, 1.54) is 31.4 Å². The van der Waals surface area contributed by atoms with Gasteiger partial charge in [-0.3, -0.25) is 0 Å². The van der Waals surface area contributed by atoms with Crippen molar-refractivity contribution in [3.05, 3.63) is 35.4 Å². The van der Waals surface area contributed by atoms with Gasteiger partial charge in [0.25, 0.3) is 0 Å². The summed E-state index contributed by atoms with van der Waals surface area (Å²) in [6.45, 7) is 4.78. The van der Waals surface area contributed by atoms with Crippen LogP contribution >= 0.6 is 0 Å². The fourth-order valence-corrected chi connectivity index (χ4v) is 2.27. The van der Waals surface area contributed by atoms with Crippen molar-refractivity contribution in [2.45, 2.75) is 52.4 Å². The molecule has 0 aliphatic rings. The molecule has 0 aromatic heterocycles. The number of rotatable bonds is 10. The van der Waals surface area contributed by atoms with E-state index in [1.807, 2.05) is 0 Å². The molecule has 0 atom stereocenters. The van der Waals surface area contributed by atoms with E-state index in [9.17, 15) is 14.7 Å². The fourth-order valence-electron chi connectivity index (χ4n) is 2.27. The van der Waals surface area contributed by atoms with Crippen LogP contribution < -0.4 is 56.5 Å². The molecule has 0 radical (unpaired) electrons. The van der Waals surface area contributed by atoms with E-state index < -0.39 is 11.9 Å². The maximum atomic E-state index is 11.9. The average molecular weight is 344 g/mol. The Morgan fingerprint density at radius 2 is 1.57 bits per heavy atom. The van der Waals surface area contributed by atoms with Crippen LogP contribution in [0.1, 0.15) is 73.1 Å². The van der Waals surface area contributed by atoms with Crippen molar-refractivity contribution in [1.29, 1.82) is 0 Å². The van der Waals surface area contributed by atoms with Crippen LogP contribution in [-0.2, 0) is 4.74 Å². The Kier molecular flexibility index (Phi) is 13.0. The number of esters is 1. The molecule has 0 fully saturated rings. The van der Waals surface area contributed by atoms with E-state index in [1.54, 1.807) is 12.1 Å². The summed E-state index contributed by atoms with van der Waals surface area (Å²) >= 11 is 0. The number of carbonyl (C=O) groups excluding carboxylic acids is 2. The van der Waals surface area contributed by atoms with Crippen LogP contribution in [0.3, 0.4) is 0 Å². The minimum absolute atomic E-state index is 0. The van der Waals surface area contributed by atoms with Gasteiger partial charge in [0.05, 0.1) is 18.1 Å². The smallest absolute Gasteiger partial charge is 0.545 e. The first-order valence-corrected chi connectivity index (χ1v) is 8.00. The predicted molar refractivity (Wildman–Crippen MR) is 83.6 cm³/mol. The summed E-state index contributed by atoms with van der Waals surface area (Å²) in [6.07, 6.45) is 6.68. The molecular weight excluding hydrogens is 319 g/mol. The summed E-state index contributed by atoms with van der Waals surface area (Å²) in [6, 6.07) is 5.96. The number of carbonyl (C=O) groups is 2. The van der Waals surface area contributed by atoms with Gasteiger partial charge in [0, 0.05) is 5.56 Å². The molecule has 1 rings (SSSR count). The molecule has 0 bridgehead atoms. The molecule has 23 heavy (non-hydrogen) atoms. The van der Waals surface area contributed by atoms with E-state index in [-0.39, 0.29) is 62.5 Å². The van der Waals surface area contributed by atoms with E-state index >= 15 is 0 Å². The largest absolute Gasteiger partial charge is 1.00 e. The standard InChI is InChI=1S/C18H26O4.K/c1-14(2)10-6-4-3-5-9-13-22-18(21)16-12-8-7-11-15(16)17(19)20;/h7-8,11-12,14H,3-6,9-10,13H2,1-2H3,(H,19,20);/q;+1/p-1. The van der Waals surface area contributed by atoms with Crippen LogP contribution in [0, 0.1) is 5.92 Å². The topological polar surface area (TPSA) is 66.4 Å². The third kappa shape index (κ3) is 9.62. The number of carboxylic acid groups (broad SMARTS) is 1. The Balaban J connectivity index is 0.00000484. The second-order valence-corrected chi connectivity index (χ2v) is 5.92. The van der Waals surface area contributed by atoms with Crippen LogP contribution in [0.25, 0.3) is 0 Å². The molecule has 0 unspecified atom stereocenters. The number of aromatic carboxylic acids is 1. The van der Waals surface area contributed by atoms with Crippen molar-refractivity contribution in [2.24, 2.45) is 5.92 Å². The maximum Gasteiger partial charge on any atom is 1.00 e. The van der Waals surface area contributed by atoms with Crippen LogP contribution in [0.2, 0.25) is 0 Å². The predicted octanol–water partition coefficient (Wildman–Crippen LogP) is 0.208. The minimum atomic E-state index is -1.36. The van der Waals surface area contributed by atoms with Crippen molar-refractivity contribution < 1.29 is 70.8 Å². The second kappa shape index (κ2) is 13.1. The van der Waals surface area contributed by atoms with Gasteiger partial charge in [-0.05, 0) is 18.4 Å². The summed E-state index contributed by atoms with van der Waals surface area (Å²) in [7, 11) is 0. The monoisotopic (exact) mass is 344 g/mol. The maximum absolute atomic E-state index is 11.9. The van der Waals surface area contributed by atoms with Gasteiger partial charge < -0.3 is 14.6 Å². The molecule has 0 amide bonds. The summed E-state index contributed by atoms with van der Waals surface area (Å²) in [4.78, 5) is 22.8. The Labute approximate surface area is 181 Å². The summed E-state index contributed by atoms with van der Waals surface area (Å²) in [5, 5.41) is 10.9. The number of hydrogen-bond acceptors (Lipinski definition) is 4. The number of ether oxygens (including phenoxy) is 1. The average Bonchev–Trinajstić information content (AvgIpc) is 2.49. The number of carboxylic acids is 1. The number of unbranched alkanes of at least 4 members (excludes halogenated alkanes) is 4. The molecule has 4 nitrogen and oxygen atoms in total. The number of benzene rings is 1. The molecule has 5 heteroatoms. The van der Waals surface area contributed by atoms with Crippen molar-refractivity contribution in [1.82, 2.24) is 0 Å². The Bertz CT molecular complexity index is 486. The van der Waals surface area contributed by atoms with Crippen LogP contribution in [-0.4, -0.2) is 18.5 Å². The molecule has 0 spiro atoms. The molecule has 0 aliphatic heterocycles. The van der Waals surface area contributed by atoms with Gasteiger partial charge in [-0.1, -0.05) is 64.2 Å². The van der Waals surface area contributed by atoms with Crippen LogP contribution in [0.15, 0.2) is 24.3 Å². The first-order chi connectivity index (χ1) is 10.5. The molecule has 1 aromatic rings. The summed E-state index contributed by atoms with van der Waals surface area (Å²) < 4.78 is 5.13. The van der Waals surface area contributed by atoms with Gasteiger partial charge in [0.1, 0.15) is 0 Å². The summed E-state index contributed by atoms with van der Waals surface area (Å²) in [5.74, 6) is -1.21. The molecule has 122 valence electrons. The Morgan fingerprint density at radius 3 is 2.17 bits per heavy atom. The Hall–Kier alpha value is -0.204. The summed E-state index contributed by atoms with van der Waals surface area (Å²) in [5.41, 5.74) is -0.0689. The quantitative estimate of drug-likeness (QED) is 0.346. The van der Waals surface area contributed by atoms with E-state index in [0.29, 0.717) is 6.61 Å². The zero-order chi connectivity index (χ0) is 16.4. The number of hydrogen-bond donors (Lipinski definition) is 0. The van der Waals surface area contributed by atoms with Gasteiger partial charge in [0.2, 0.25) is 0 Å². The van der Waals surface area contributed by atoms with Gasteiger partial charge in [-0.25, -0.2) is 4.79 Å². The van der Waals surface area contributed by atoms with Crippen molar-refractivity contribution in [3.8, 4) is 0 Å². The molecule has 1 aromatic carbocycles. The molecular formula is C18H25KO4. The zero-order valence-corrected chi connectivity index (χ0v) is 17.6. The van der Waals surface area contributed by atoms with Crippen LogP contribution in [0.5, 0.6) is 0 Å². The first-order valence-electron chi connectivity index (χ1n) is 8.00. The minimum Gasteiger partial charge on any atom is -0.545 e. The van der Waals surface area contributed by atoms with Gasteiger partial charge in [-0.2, -0.15) is 0 Å². The molecule has 0 N–H and O–H groups in total. The molecule has 0 saturated heterocycles. The molecule has 0 saturated carbocycles. The molecule has 0 aliphatic carbocycles. The van der Waals surface area contributed by atoms with Crippen molar-refractivity contribution in [2.75, 3.05) is 6.61 Å². The zero-order valence-electron chi connectivity index (χ0n) is 14.5. The Morgan fingerprint density at radius 1 is 1.00 bits per heavy atom. The van der Waals surface area contributed by atoms with Crippen molar-refractivity contribution >= 4 is 11.9 Å². The van der Waals surface area contributed by atoms with Gasteiger partial charge in [-0.15, -0.1) is 0 Å². The normalized spacial score (nSPS) is 10.2. The van der Waals surface area contributed by atoms with E-state index in [4.69, 9.17) is 4.74 Å². The third-order valence-corrected chi connectivity index (χ3v) is 3.53. The molecule has 0 heterocycles. The van der Waals surface area contributed by atoms with Crippen molar-refractivity contribution in [3.63, 3.8) is 0 Å². The van der Waals surface area contributed by atoms with E-state index in [2.05, 4.69) is 13.8 Å². The van der Waals surface area contributed by atoms with Gasteiger partial charge >= 0.3 is 57.4 Å².